The Morgan fingerprint density at radius 3 is 1.56 bits per heavy atom. The number of hydrogen-bond donors (Lipinski definition) is 0. The number of oxazole rings is 2. The Hall–Kier alpha value is -6.59. The number of hydrogen-bond acceptors (Lipinski definition) is 5. The third kappa shape index (κ3) is 4.29. The summed E-state index contributed by atoms with van der Waals surface area (Å²) in [6.07, 6.45) is 0. The molecule has 224 valence electrons. The SMILES string of the molecule is c1cc(-c2ccc3c4ccc(-c5cccc(-c6nc7ccccc7o6)n5)cc4c4ccccc4c3c2)cc(-c2nc3ccccc3o2)c1. The smallest absolute Gasteiger partial charge is 0.246 e. The first-order valence-electron chi connectivity index (χ1n) is 15.9. The van der Waals surface area contributed by atoms with Gasteiger partial charge >= 0.3 is 0 Å². The third-order valence-electron chi connectivity index (χ3n) is 9.13. The van der Waals surface area contributed by atoms with E-state index in [1.54, 1.807) is 0 Å². The van der Waals surface area contributed by atoms with Crippen LogP contribution in [0.15, 0.2) is 160 Å². The molecule has 10 rings (SSSR count). The Balaban J connectivity index is 1.09. The second-order valence-electron chi connectivity index (χ2n) is 12.0. The summed E-state index contributed by atoms with van der Waals surface area (Å²) in [6.45, 7) is 0. The highest BCUT2D eigenvalue weighted by Gasteiger charge is 2.15. The minimum Gasteiger partial charge on any atom is -0.436 e. The van der Waals surface area contributed by atoms with Gasteiger partial charge in [-0.15, -0.1) is 0 Å². The van der Waals surface area contributed by atoms with Crippen molar-refractivity contribution in [2.45, 2.75) is 0 Å². The first kappa shape index (κ1) is 26.6. The van der Waals surface area contributed by atoms with Gasteiger partial charge in [-0.3, -0.25) is 0 Å². The molecule has 0 spiro atoms. The molecule has 0 aliphatic carbocycles. The molecular formula is C43H25N3O2. The quantitative estimate of drug-likeness (QED) is 0.184. The average Bonchev–Trinajstić information content (AvgIpc) is 3.80. The molecule has 0 radical (unpaired) electrons. The zero-order chi connectivity index (χ0) is 31.6. The molecule has 5 heteroatoms. The fourth-order valence-electron chi connectivity index (χ4n) is 6.82. The molecule has 3 aromatic heterocycles. The molecule has 3 heterocycles. The Labute approximate surface area is 274 Å². The molecule has 0 saturated heterocycles. The van der Waals surface area contributed by atoms with Gasteiger partial charge < -0.3 is 8.83 Å². The van der Waals surface area contributed by atoms with Crippen LogP contribution in [0, 0.1) is 0 Å². The summed E-state index contributed by atoms with van der Waals surface area (Å²) in [5, 5.41) is 7.23. The summed E-state index contributed by atoms with van der Waals surface area (Å²) in [6, 6.07) is 52.1. The van der Waals surface area contributed by atoms with Crippen LogP contribution in [-0.4, -0.2) is 15.0 Å². The summed E-state index contributed by atoms with van der Waals surface area (Å²) < 4.78 is 12.1. The van der Waals surface area contributed by atoms with Gasteiger partial charge in [0.25, 0.3) is 0 Å². The van der Waals surface area contributed by atoms with E-state index in [9.17, 15) is 0 Å². The summed E-state index contributed by atoms with van der Waals surface area (Å²) >= 11 is 0. The Morgan fingerprint density at radius 1 is 0.312 bits per heavy atom. The molecule has 0 saturated carbocycles. The molecule has 48 heavy (non-hydrogen) atoms. The predicted molar refractivity (Wildman–Crippen MR) is 194 cm³/mol. The van der Waals surface area contributed by atoms with Crippen LogP contribution in [0.2, 0.25) is 0 Å². The normalized spacial score (nSPS) is 11.8. The zero-order valence-corrected chi connectivity index (χ0v) is 25.6. The van der Waals surface area contributed by atoms with Gasteiger partial charge in [-0.2, -0.15) is 0 Å². The molecule has 7 aromatic carbocycles. The van der Waals surface area contributed by atoms with Crippen molar-refractivity contribution < 1.29 is 8.83 Å². The maximum atomic E-state index is 6.08. The van der Waals surface area contributed by atoms with E-state index in [0.717, 1.165) is 50.1 Å². The minimum atomic E-state index is 0.519. The number of pyridine rings is 1. The molecule has 0 unspecified atom stereocenters. The van der Waals surface area contributed by atoms with E-state index < -0.39 is 0 Å². The second kappa shape index (κ2) is 10.5. The fraction of sp³-hybridized carbons (Fsp3) is 0. The lowest BCUT2D eigenvalue weighted by molar-refractivity contribution is 0.617. The van der Waals surface area contributed by atoms with Crippen LogP contribution in [0.25, 0.3) is 99.9 Å². The van der Waals surface area contributed by atoms with Gasteiger partial charge in [0, 0.05) is 11.1 Å². The van der Waals surface area contributed by atoms with Crippen molar-refractivity contribution in [1.29, 1.82) is 0 Å². The lowest BCUT2D eigenvalue weighted by Crippen LogP contribution is -1.90. The molecule has 0 bridgehead atoms. The van der Waals surface area contributed by atoms with Crippen molar-refractivity contribution >= 4 is 54.5 Å². The lowest BCUT2D eigenvalue weighted by atomic mass is 9.90. The van der Waals surface area contributed by atoms with Crippen molar-refractivity contribution in [2.24, 2.45) is 0 Å². The number of aromatic nitrogens is 3. The van der Waals surface area contributed by atoms with Gasteiger partial charge in [-0.05, 0) is 104 Å². The van der Waals surface area contributed by atoms with Crippen molar-refractivity contribution in [3.8, 4) is 45.4 Å². The van der Waals surface area contributed by atoms with Crippen LogP contribution in [0.4, 0.5) is 0 Å². The van der Waals surface area contributed by atoms with E-state index in [2.05, 4.69) is 83.8 Å². The van der Waals surface area contributed by atoms with Gasteiger partial charge in [0.05, 0.1) is 5.69 Å². The molecule has 0 atom stereocenters. The number of para-hydroxylation sites is 4. The summed E-state index contributed by atoms with van der Waals surface area (Å²) in [5.41, 5.74) is 9.04. The Bertz CT molecular complexity index is 2580. The molecule has 5 nitrogen and oxygen atoms in total. The van der Waals surface area contributed by atoms with E-state index in [-0.39, 0.29) is 0 Å². The number of nitrogens with zero attached hydrogens (tertiary/aromatic N) is 3. The molecule has 0 N–H and O–H groups in total. The molecular weight excluding hydrogens is 590 g/mol. The summed E-state index contributed by atoms with van der Waals surface area (Å²) in [4.78, 5) is 14.4. The van der Waals surface area contributed by atoms with Crippen LogP contribution in [-0.2, 0) is 0 Å². The number of benzene rings is 7. The Kier molecular flexibility index (Phi) is 5.81. The maximum absolute atomic E-state index is 6.08. The Morgan fingerprint density at radius 2 is 0.833 bits per heavy atom. The number of rotatable bonds is 4. The van der Waals surface area contributed by atoms with Crippen LogP contribution in [0.5, 0.6) is 0 Å². The highest BCUT2D eigenvalue weighted by atomic mass is 16.4. The summed E-state index contributed by atoms with van der Waals surface area (Å²) in [7, 11) is 0. The van der Waals surface area contributed by atoms with E-state index in [1.165, 1.54) is 32.3 Å². The highest BCUT2D eigenvalue weighted by Crippen LogP contribution is 2.39. The van der Waals surface area contributed by atoms with Crippen molar-refractivity contribution in [3.05, 3.63) is 152 Å². The average molecular weight is 616 g/mol. The van der Waals surface area contributed by atoms with Gasteiger partial charge in [-0.1, -0.05) is 91.0 Å². The largest absolute Gasteiger partial charge is 0.436 e. The van der Waals surface area contributed by atoms with E-state index in [4.69, 9.17) is 18.8 Å². The fourth-order valence-corrected chi connectivity index (χ4v) is 6.82. The van der Waals surface area contributed by atoms with Crippen LogP contribution < -0.4 is 0 Å². The van der Waals surface area contributed by atoms with Crippen molar-refractivity contribution in [1.82, 2.24) is 15.0 Å². The molecule has 0 aliphatic heterocycles. The topological polar surface area (TPSA) is 65.0 Å². The van der Waals surface area contributed by atoms with Crippen LogP contribution in [0.3, 0.4) is 0 Å². The maximum Gasteiger partial charge on any atom is 0.246 e. The molecule has 10 aromatic rings. The number of fused-ring (bicyclic) bond motifs is 8. The molecule has 0 amide bonds. The second-order valence-corrected chi connectivity index (χ2v) is 12.0. The van der Waals surface area contributed by atoms with E-state index in [1.807, 2.05) is 72.8 Å². The van der Waals surface area contributed by atoms with Gasteiger partial charge in [-0.25, -0.2) is 15.0 Å². The van der Waals surface area contributed by atoms with Gasteiger partial charge in [0.15, 0.2) is 11.2 Å². The van der Waals surface area contributed by atoms with Crippen LogP contribution in [0.1, 0.15) is 0 Å². The highest BCUT2D eigenvalue weighted by molar-refractivity contribution is 6.26. The minimum absolute atomic E-state index is 0.519. The van der Waals surface area contributed by atoms with Crippen molar-refractivity contribution in [3.63, 3.8) is 0 Å². The summed E-state index contributed by atoms with van der Waals surface area (Å²) in [5.74, 6) is 1.14. The van der Waals surface area contributed by atoms with Gasteiger partial charge in [0.2, 0.25) is 11.8 Å². The third-order valence-corrected chi connectivity index (χ3v) is 9.13. The standard InChI is InChI=1S/C43H25N3O2/c1-2-12-31-30(11-1)34-24-27(26-9-7-10-29(23-26)42-45-37-13-3-5-17-40(37)47-42)19-21-32(34)33-22-20-28(25-35(31)33)36-15-8-16-39(44-36)43-46-38-14-4-6-18-41(38)48-43/h1-25H. The van der Waals surface area contributed by atoms with Crippen LogP contribution >= 0.6 is 0 Å². The molecule has 0 aliphatic rings. The van der Waals surface area contributed by atoms with E-state index >= 15 is 0 Å². The van der Waals surface area contributed by atoms with Crippen molar-refractivity contribution in [2.75, 3.05) is 0 Å². The monoisotopic (exact) mass is 615 g/mol. The lowest BCUT2D eigenvalue weighted by Gasteiger charge is -2.13. The van der Waals surface area contributed by atoms with E-state index in [0.29, 0.717) is 17.5 Å². The first-order valence-corrected chi connectivity index (χ1v) is 15.9. The first-order chi connectivity index (χ1) is 23.7. The molecule has 0 fully saturated rings. The predicted octanol–water partition coefficient (Wildman–Crippen LogP) is 11.5. The van der Waals surface area contributed by atoms with Gasteiger partial charge in [0.1, 0.15) is 16.7 Å². The zero-order valence-electron chi connectivity index (χ0n) is 25.6.